The Kier molecular flexibility index (Phi) is 6.58. The summed E-state index contributed by atoms with van der Waals surface area (Å²) in [7, 11) is 0. The highest BCUT2D eigenvalue weighted by Gasteiger charge is 2.22. The molecule has 4 nitrogen and oxygen atoms in total. The summed E-state index contributed by atoms with van der Waals surface area (Å²) >= 11 is 1.57. The zero-order valence-electron chi connectivity index (χ0n) is 13.4. The number of hydrogen-bond acceptors (Lipinski definition) is 4. The molecular weight excluding hydrogens is 296 g/mol. The van der Waals surface area contributed by atoms with E-state index in [2.05, 4.69) is 10.2 Å². The third-order valence-electron chi connectivity index (χ3n) is 4.24. The van der Waals surface area contributed by atoms with E-state index in [9.17, 15) is 9.90 Å². The highest BCUT2D eigenvalue weighted by atomic mass is 32.2. The molecule has 1 aliphatic heterocycles. The summed E-state index contributed by atoms with van der Waals surface area (Å²) in [5, 5.41) is 12.4. The van der Waals surface area contributed by atoms with Gasteiger partial charge in [0.05, 0.1) is 12.2 Å². The molecule has 0 spiro atoms. The summed E-state index contributed by atoms with van der Waals surface area (Å²) in [6.45, 7) is 4.04. The van der Waals surface area contributed by atoms with Gasteiger partial charge in [0.25, 0.3) is 5.91 Å². The maximum Gasteiger partial charge on any atom is 0.253 e. The molecule has 0 bridgehead atoms. The zero-order chi connectivity index (χ0) is 15.9. The standard InChI is InChI=1S/C17H26N2O2S/c1-13(16(12-20)22-2)18-17(21)14-8-4-5-9-15(14)19-10-6-3-7-11-19/h4-5,8-9,13,16,20H,3,6-7,10-12H2,1-2H3,(H,18,21)/t13-,16-/m1/s1. The van der Waals surface area contributed by atoms with Crippen LogP contribution in [0.1, 0.15) is 36.5 Å². The van der Waals surface area contributed by atoms with Crippen LogP contribution < -0.4 is 10.2 Å². The van der Waals surface area contributed by atoms with E-state index >= 15 is 0 Å². The second kappa shape index (κ2) is 8.44. The molecule has 0 unspecified atom stereocenters. The van der Waals surface area contributed by atoms with Crippen LogP contribution in [0.2, 0.25) is 0 Å². The summed E-state index contributed by atoms with van der Waals surface area (Å²) in [6.07, 6.45) is 5.59. The largest absolute Gasteiger partial charge is 0.395 e. The highest BCUT2D eigenvalue weighted by Crippen LogP contribution is 2.24. The van der Waals surface area contributed by atoms with Crippen molar-refractivity contribution in [1.29, 1.82) is 0 Å². The predicted molar refractivity (Wildman–Crippen MR) is 93.8 cm³/mol. The molecule has 0 saturated carbocycles. The highest BCUT2D eigenvalue weighted by molar-refractivity contribution is 7.99. The van der Waals surface area contributed by atoms with Crippen molar-refractivity contribution < 1.29 is 9.90 Å². The fourth-order valence-corrected chi connectivity index (χ4v) is 3.52. The predicted octanol–water partition coefficient (Wildman–Crippen LogP) is 2.52. The molecule has 1 aliphatic rings. The van der Waals surface area contributed by atoms with Crippen molar-refractivity contribution in [3.63, 3.8) is 0 Å². The van der Waals surface area contributed by atoms with Gasteiger partial charge in [0.2, 0.25) is 0 Å². The molecule has 22 heavy (non-hydrogen) atoms. The van der Waals surface area contributed by atoms with Crippen LogP contribution in [0.15, 0.2) is 24.3 Å². The maximum atomic E-state index is 12.6. The van der Waals surface area contributed by atoms with E-state index in [0.29, 0.717) is 0 Å². The van der Waals surface area contributed by atoms with Gasteiger partial charge < -0.3 is 15.3 Å². The number of benzene rings is 1. The van der Waals surface area contributed by atoms with E-state index in [1.54, 1.807) is 11.8 Å². The van der Waals surface area contributed by atoms with Crippen LogP contribution in [0.25, 0.3) is 0 Å². The van der Waals surface area contributed by atoms with Gasteiger partial charge in [0, 0.05) is 30.1 Å². The Morgan fingerprint density at radius 3 is 2.64 bits per heavy atom. The van der Waals surface area contributed by atoms with Gasteiger partial charge in [-0.2, -0.15) is 11.8 Å². The lowest BCUT2D eigenvalue weighted by Crippen LogP contribution is -2.42. The fraction of sp³-hybridized carbons (Fsp3) is 0.588. The first-order valence-electron chi connectivity index (χ1n) is 7.96. The summed E-state index contributed by atoms with van der Waals surface area (Å²) < 4.78 is 0. The van der Waals surface area contributed by atoms with Crippen molar-refractivity contribution in [3.8, 4) is 0 Å². The molecule has 0 aliphatic carbocycles. The maximum absolute atomic E-state index is 12.6. The normalized spacial score (nSPS) is 17.9. The number of anilines is 1. The third kappa shape index (κ3) is 4.17. The first-order valence-corrected chi connectivity index (χ1v) is 9.24. The number of rotatable bonds is 6. The van der Waals surface area contributed by atoms with E-state index in [0.717, 1.165) is 24.3 Å². The minimum absolute atomic E-state index is 0.0195. The number of nitrogens with zero attached hydrogens (tertiary/aromatic N) is 1. The van der Waals surface area contributed by atoms with E-state index in [4.69, 9.17) is 0 Å². The van der Waals surface area contributed by atoms with Crippen molar-refractivity contribution in [2.45, 2.75) is 37.5 Å². The van der Waals surface area contributed by atoms with Crippen molar-refractivity contribution >= 4 is 23.4 Å². The van der Waals surface area contributed by atoms with Crippen LogP contribution in [-0.2, 0) is 0 Å². The van der Waals surface area contributed by atoms with E-state index < -0.39 is 0 Å². The van der Waals surface area contributed by atoms with Crippen LogP contribution >= 0.6 is 11.8 Å². The molecule has 0 radical (unpaired) electrons. The molecule has 5 heteroatoms. The number of para-hydroxylation sites is 1. The number of carbonyl (C=O) groups excluding carboxylic acids is 1. The van der Waals surface area contributed by atoms with Gasteiger partial charge in [-0.05, 0) is 44.6 Å². The topological polar surface area (TPSA) is 52.6 Å². The van der Waals surface area contributed by atoms with Crippen LogP contribution in [0, 0.1) is 0 Å². The molecule has 1 saturated heterocycles. The Balaban J connectivity index is 2.12. The number of aliphatic hydroxyl groups excluding tert-OH is 1. The molecule has 1 aromatic rings. The van der Waals surface area contributed by atoms with Crippen LogP contribution in [0.3, 0.4) is 0 Å². The fourth-order valence-electron chi connectivity index (χ4n) is 2.89. The molecule has 2 atom stereocenters. The molecule has 1 fully saturated rings. The Hall–Kier alpha value is -1.20. The zero-order valence-corrected chi connectivity index (χ0v) is 14.2. The van der Waals surface area contributed by atoms with E-state index in [-0.39, 0.29) is 23.8 Å². The van der Waals surface area contributed by atoms with Crippen LogP contribution in [0.5, 0.6) is 0 Å². The lowest BCUT2D eigenvalue weighted by molar-refractivity contribution is 0.0936. The molecule has 1 heterocycles. The van der Waals surface area contributed by atoms with Crippen LogP contribution in [0.4, 0.5) is 5.69 Å². The molecule has 1 amide bonds. The number of piperidine rings is 1. The van der Waals surface area contributed by atoms with Crippen molar-refractivity contribution in [2.75, 3.05) is 30.9 Å². The summed E-state index contributed by atoms with van der Waals surface area (Å²) in [5.74, 6) is -0.0545. The molecule has 0 aromatic heterocycles. The Bertz CT molecular complexity index is 485. The molecule has 2 N–H and O–H groups in total. The third-order valence-corrected chi connectivity index (χ3v) is 5.41. The SMILES string of the molecule is CS[C@H](CO)[C@@H](C)NC(=O)c1ccccc1N1CCCCC1. The smallest absolute Gasteiger partial charge is 0.253 e. The Labute approximate surface area is 137 Å². The summed E-state index contributed by atoms with van der Waals surface area (Å²) in [4.78, 5) is 14.9. The van der Waals surface area contributed by atoms with Crippen molar-refractivity contribution in [3.05, 3.63) is 29.8 Å². The minimum Gasteiger partial charge on any atom is -0.395 e. The summed E-state index contributed by atoms with van der Waals surface area (Å²) in [6, 6.07) is 7.75. The number of thioether (sulfide) groups is 1. The monoisotopic (exact) mass is 322 g/mol. The second-order valence-electron chi connectivity index (χ2n) is 5.78. The Morgan fingerprint density at radius 1 is 1.32 bits per heavy atom. The summed E-state index contributed by atoms with van der Waals surface area (Å²) in [5.41, 5.74) is 1.76. The van der Waals surface area contributed by atoms with Crippen molar-refractivity contribution in [2.24, 2.45) is 0 Å². The number of carbonyl (C=O) groups is 1. The first-order chi connectivity index (χ1) is 10.7. The molecule has 1 aromatic carbocycles. The lowest BCUT2D eigenvalue weighted by atomic mass is 10.1. The van der Waals surface area contributed by atoms with Gasteiger partial charge in [-0.1, -0.05) is 12.1 Å². The van der Waals surface area contributed by atoms with Gasteiger partial charge in [0.15, 0.2) is 0 Å². The molecule has 2 rings (SSSR count). The van der Waals surface area contributed by atoms with E-state index in [1.807, 2.05) is 37.4 Å². The van der Waals surface area contributed by atoms with E-state index in [1.165, 1.54) is 19.3 Å². The molecule has 122 valence electrons. The molecular formula is C17H26N2O2S. The Morgan fingerprint density at radius 2 is 2.00 bits per heavy atom. The first kappa shape index (κ1) is 17.2. The average molecular weight is 322 g/mol. The second-order valence-corrected chi connectivity index (χ2v) is 6.86. The van der Waals surface area contributed by atoms with Crippen molar-refractivity contribution in [1.82, 2.24) is 5.32 Å². The average Bonchev–Trinajstić information content (AvgIpc) is 2.56. The lowest BCUT2D eigenvalue weighted by Gasteiger charge is -2.30. The van der Waals surface area contributed by atoms with Gasteiger partial charge >= 0.3 is 0 Å². The minimum atomic E-state index is -0.0677. The number of aliphatic hydroxyl groups is 1. The van der Waals surface area contributed by atoms with Gasteiger partial charge in [-0.25, -0.2) is 0 Å². The van der Waals surface area contributed by atoms with Crippen LogP contribution in [-0.4, -0.2) is 48.3 Å². The van der Waals surface area contributed by atoms with Gasteiger partial charge in [0.1, 0.15) is 0 Å². The quantitative estimate of drug-likeness (QED) is 0.845. The van der Waals surface area contributed by atoms with Gasteiger partial charge in [-0.15, -0.1) is 0 Å². The van der Waals surface area contributed by atoms with Gasteiger partial charge in [-0.3, -0.25) is 4.79 Å². The number of amides is 1. The number of nitrogens with one attached hydrogen (secondary N) is 1. The number of hydrogen-bond donors (Lipinski definition) is 2.